The van der Waals surface area contributed by atoms with Crippen molar-refractivity contribution >= 4 is 0 Å². The fraction of sp³-hybridized carbons (Fsp3) is 0.769. The summed E-state index contributed by atoms with van der Waals surface area (Å²) in [5.41, 5.74) is 0.930. The van der Waals surface area contributed by atoms with Crippen molar-refractivity contribution in [3.8, 4) is 0 Å². The first kappa shape index (κ1) is 13.5. The molecule has 0 radical (unpaired) electrons. The molecule has 0 bridgehead atoms. The van der Waals surface area contributed by atoms with E-state index in [1.54, 1.807) is 14.2 Å². The van der Waals surface area contributed by atoms with Crippen LogP contribution in [-0.2, 0) is 22.6 Å². The van der Waals surface area contributed by atoms with Gasteiger partial charge in [-0.2, -0.15) is 0 Å². The third-order valence-electron chi connectivity index (χ3n) is 3.51. The molecule has 0 spiro atoms. The first-order valence-corrected chi connectivity index (χ1v) is 6.36. The van der Waals surface area contributed by atoms with E-state index in [1.807, 2.05) is 6.07 Å². The van der Waals surface area contributed by atoms with Gasteiger partial charge in [-0.1, -0.05) is 5.16 Å². The van der Waals surface area contributed by atoms with Gasteiger partial charge < -0.3 is 14.0 Å². The van der Waals surface area contributed by atoms with Gasteiger partial charge in [-0.3, -0.25) is 4.90 Å². The highest BCUT2D eigenvalue weighted by Crippen LogP contribution is 2.24. The predicted molar refractivity (Wildman–Crippen MR) is 67.1 cm³/mol. The average Bonchev–Trinajstić information content (AvgIpc) is 2.77. The third kappa shape index (κ3) is 3.31. The molecular weight excluding hydrogens is 232 g/mol. The van der Waals surface area contributed by atoms with E-state index < -0.39 is 0 Å². The van der Waals surface area contributed by atoms with E-state index in [-0.39, 0.29) is 5.60 Å². The van der Waals surface area contributed by atoms with Crippen molar-refractivity contribution in [1.29, 1.82) is 0 Å². The molecule has 1 aliphatic heterocycles. The van der Waals surface area contributed by atoms with Gasteiger partial charge in [0.25, 0.3) is 0 Å². The van der Waals surface area contributed by atoms with Crippen LogP contribution in [0.2, 0.25) is 0 Å². The molecule has 2 heterocycles. The first-order chi connectivity index (χ1) is 8.65. The van der Waals surface area contributed by atoms with Gasteiger partial charge in [-0.25, -0.2) is 0 Å². The average molecular weight is 254 g/mol. The summed E-state index contributed by atoms with van der Waals surface area (Å²) in [6.45, 7) is 5.48. The second kappa shape index (κ2) is 5.82. The quantitative estimate of drug-likeness (QED) is 0.802. The highest BCUT2D eigenvalue weighted by Gasteiger charge is 2.30. The lowest BCUT2D eigenvalue weighted by Crippen LogP contribution is -2.46. The molecule has 0 saturated carbocycles. The van der Waals surface area contributed by atoms with E-state index in [4.69, 9.17) is 14.0 Å². The second-order valence-electron chi connectivity index (χ2n) is 5.19. The highest BCUT2D eigenvalue weighted by atomic mass is 16.5. The van der Waals surface area contributed by atoms with Crippen LogP contribution in [-0.4, -0.2) is 43.0 Å². The van der Waals surface area contributed by atoms with Crippen LogP contribution in [0.15, 0.2) is 10.6 Å². The number of ether oxygens (including phenoxy) is 2. The molecule has 1 aromatic rings. The Morgan fingerprint density at radius 3 is 3.06 bits per heavy atom. The number of aromatic nitrogens is 1. The summed E-state index contributed by atoms with van der Waals surface area (Å²) in [4.78, 5) is 2.36. The summed E-state index contributed by atoms with van der Waals surface area (Å²) in [5, 5.41) is 4.07. The van der Waals surface area contributed by atoms with Gasteiger partial charge in [0.05, 0.1) is 11.3 Å². The lowest BCUT2D eigenvalue weighted by molar-refractivity contribution is -0.0530. The molecule has 18 heavy (non-hydrogen) atoms. The van der Waals surface area contributed by atoms with E-state index in [9.17, 15) is 0 Å². The summed E-state index contributed by atoms with van der Waals surface area (Å²) < 4.78 is 15.8. The number of rotatable bonds is 5. The Hall–Kier alpha value is -0.910. The zero-order valence-corrected chi connectivity index (χ0v) is 11.4. The van der Waals surface area contributed by atoms with Crippen molar-refractivity contribution in [2.45, 2.75) is 38.5 Å². The molecule has 0 N–H and O–H groups in total. The first-order valence-electron chi connectivity index (χ1n) is 6.36. The van der Waals surface area contributed by atoms with E-state index >= 15 is 0 Å². The van der Waals surface area contributed by atoms with Crippen LogP contribution in [0.1, 0.15) is 31.2 Å². The largest absolute Gasteiger partial charge is 0.377 e. The minimum atomic E-state index is -0.0304. The number of methoxy groups -OCH3 is 2. The molecule has 5 nitrogen and oxygen atoms in total. The zero-order valence-electron chi connectivity index (χ0n) is 11.4. The summed E-state index contributed by atoms with van der Waals surface area (Å²) >= 11 is 0. The monoisotopic (exact) mass is 254 g/mol. The van der Waals surface area contributed by atoms with Crippen LogP contribution in [0.3, 0.4) is 0 Å². The maximum absolute atomic E-state index is 5.58. The molecule has 0 aromatic carbocycles. The van der Waals surface area contributed by atoms with Gasteiger partial charge in [-0.15, -0.1) is 0 Å². The number of piperidine rings is 1. The summed E-state index contributed by atoms with van der Waals surface area (Å²) in [7, 11) is 3.44. The van der Waals surface area contributed by atoms with Gasteiger partial charge in [0.2, 0.25) is 0 Å². The second-order valence-corrected chi connectivity index (χ2v) is 5.19. The number of nitrogens with zero attached hydrogens (tertiary/aromatic N) is 2. The van der Waals surface area contributed by atoms with Crippen molar-refractivity contribution in [2.24, 2.45) is 0 Å². The van der Waals surface area contributed by atoms with Crippen LogP contribution < -0.4 is 0 Å². The van der Waals surface area contributed by atoms with Gasteiger partial charge in [0.1, 0.15) is 6.61 Å². The summed E-state index contributed by atoms with van der Waals surface area (Å²) in [6, 6.07) is 1.96. The fourth-order valence-corrected chi connectivity index (χ4v) is 2.48. The Bertz CT molecular complexity index is 380. The molecule has 1 fully saturated rings. The number of hydrogen-bond donors (Lipinski definition) is 0. The molecule has 2 rings (SSSR count). The van der Waals surface area contributed by atoms with Gasteiger partial charge in [0, 0.05) is 33.4 Å². The third-order valence-corrected chi connectivity index (χ3v) is 3.51. The number of likely N-dealkylation sites (tertiary alicyclic amines) is 1. The summed E-state index contributed by atoms with van der Waals surface area (Å²) in [5.74, 6) is 0.777. The molecule has 1 saturated heterocycles. The Labute approximate surface area is 108 Å². The standard InChI is InChI=1S/C13H22N2O3/c1-13(17-3)5-4-6-15(10-13)8-11-7-12(9-16-2)18-14-11/h7H,4-6,8-10H2,1-3H3/t13-/m0/s1. The molecular formula is C13H22N2O3. The van der Waals surface area contributed by atoms with E-state index in [0.29, 0.717) is 6.61 Å². The Morgan fingerprint density at radius 1 is 1.50 bits per heavy atom. The van der Waals surface area contributed by atoms with Crippen LogP contribution >= 0.6 is 0 Å². The molecule has 5 heteroatoms. The topological polar surface area (TPSA) is 47.7 Å². The zero-order chi connectivity index (χ0) is 13.0. The molecule has 1 aliphatic rings. The fourth-order valence-electron chi connectivity index (χ4n) is 2.48. The van der Waals surface area contributed by atoms with Crippen molar-refractivity contribution in [1.82, 2.24) is 10.1 Å². The van der Waals surface area contributed by atoms with Crippen LogP contribution in [0.25, 0.3) is 0 Å². The van der Waals surface area contributed by atoms with E-state index in [1.165, 1.54) is 0 Å². The SMILES string of the molecule is COCc1cc(CN2CCC[C@](C)(OC)C2)no1. The predicted octanol–water partition coefficient (Wildman–Crippen LogP) is 1.82. The van der Waals surface area contributed by atoms with Crippen LogP contribution in [0, 0.1) is 0 Å². The van der Waals surface area contributed by atoms with Crippen LogP contribution in [0.4, 0.5) is 0 Å². The van der Waals surface area contributed by atoms with Gasteiger partial charge in [-0.05, 0) is 26.3 Å². The highest BCUT2D eigenvalue weighted by molar-refractivity contribution is 5.05. The summed E-state index contributed by atoms with van der Waals surface area (Å²) in [6.07, 6.45) is 2.28. The van der Waals surface area contributed by atoms with Crippen molar-refractivity contribution < 1.29 is 14.0 Å². The molecule has 0 unspecified atom stereocenters. The van der Waals surface area contributed by atoms with Crippen molar-refractivity contribution in [2.75, 3.05) is 27.3 Å². The van der Waals surface area contributed by atoms with E-state index in [0.717, 1.165) is 43.9 Å². The lowest BCUT2D eigenvalue weighted by atomic mass is 9.95. The van der Waals surface area contributed by atoms with Gasteiger partial charge in [0.15, 0.2) is 5.76 Å². The van der Waals surface area contributed by atoms with Crippen LogP contribution in [0.5, 0.6) is 0 Å². The minimum Gasteiger partial charge on any atom is -0.377 e. The molecule has 0 amide bonds. The molecule has 102 valence electrons. The molecule has 0 aliphatic carbocycles. The lowest BCUT2D eigenvalue weighted by Gasteiger charge is -2.39. The smallest absolute Gasteiger partial charge is 0.162 e. The Morgan fingerprint density at radius 2 is 2.33 bits per heavy atom. The van der Waals surface area contributed by atoms with Crippen molar-refractivity contribution in [3.63, 3.8) is 0 Å². The van der Waals surface area contributed by atoms with E-state index in [2.05, 4.69) is 17.0 Å². The van der Waals surface area contributed by atoms with Gasteiger partial charge >= 0.3 is 0 Å². The normalized spacial score (nSPS) is 25.5. The maximum atomic E-state index is 5.58. The number of hydrogen-bond acceptors (Lipinski definition) is 5. The maximum Gasteiger partial charge on any atom is 0.162 e. The minimum absolute atomic E-state index is 0.0304. The molecule has 1 aromatic heterocycles. The molecule has 1 atom stereocenters. The van der Waals surface area contributed by atoms with Crippen molar-refractivity contribution in [3.05, 3.63) is 17.5 Å². The Balaban J connectivity index is 1.92. The Kier molecular flexibility index (Phi) is 4.37.